The molecule has 3 heteroatoms. The average Bonchev–Trinajstić information content (AvgIpc) is 0.723. The normalized spacial score (nSPS) is 20.2. The minimum atomic E-state index is -6.32. The molecular formula is C60H78OSn2. The summed E-state index contributed by atoms with van der Waals surface area (Å²) in [5.74, 6) is 0. The molecule has 0 heterocycles. The molecular weight excluding hydrogens is 974 g/mol. The zero-order valence-electron chi connectivity index (χ0n) is 68.7. The molecule has 6 aromatic rings. The first-order valence-electron chi connectivity index (χ1n) is 36.2. The van der Waals surface area contributed by atoms with Crippen LogP contribution in [-0.4, -0.2) is 37.6 Å². The standard InChI is InChI=1S/6C10H13.O.2Sn/c6*1-10(2,3)9-7-5-4-6-8-9;;;/h6*4-8H,1H2,2-3H3;;;/i6*4D,5D,6D,7D,8D;;;. The predicted octanol–water partition coefficient (Wildman–Crippen LogP) is 16.8. The Balaban J connectivity index is 2.03. The fraction of sp³-hybridized carbons (Fsp3) is 0.400. The first-order valence-corrected chi connectivity index (χ1v) is 35.6. The molecule has 0 N–H and O–H groups in total. The molecule has 6 aromatic carbocycles. The zero-order valence-corrected chi connectivity index (χ0v) is 44.4. The quantitative estimate of drug-likeness (QED) is 0.0693. The van der Waals surface area contributed by atoms with Crippen LogP contribution in [0.15, 0.2) is 181 Å². The van der Waals surface area contributed by atoms with Crippen molar-refractivity contribution in [2.24, 2.45) is 0 Å². The van der Waals surface area contributed by atoms with E-state index in [1.54, 1.807) is 83.1 Å². The molecule has 0 aromatic heterocycles. The summed E-state index contributed by atoms with van der Waals surface area (Å²) < 4.78 is 281. The fourth-order valence-corrected chi connectivity index (χ4v) is 72.4. The summed E-state index contributed by atoms with van der Waals surface area (Å²) in [6, 6.07) is -20.8. The third-order valence-corrected chi connectivity index (χ3v) is 57.3. The number of rotatable bonds is 20. The van der Waals surface area contributed by atoms with E-state index in [2.05, 4.69) is 0 Å². The number of hydrogen-bond donors (Lipinski definition) is 0. The van der Waals surface area contributed by atoms with Gasteiger partial charge in [-0.2, -0.15) is 0 Å². The van der Waals surface area contributed by atoms with Gasteiger partial charge in [-0.15, -0.1) is 0 Å². The van der Waals surface area contributed by atoms with Gasteiger partial charge >= 0.3 is 437 Å². The van der Waals surface area contributed by atoms with Gasteiger partial charge < -0.3 is 0 Å². The van der Waals surface area contributed by atoms with E-state index in [0.29, 0.717) is 0 Å². The van der Waals surface area contributed by atoms with E-state index in [-0.39, 0.29) is 60.0 Å². The second-order valence-corrected chi connectivity index (χ2v) is 44.9. The van der Waals surface area contributed by atoms with Gasteiger partial charge in [0.15, 0.2) is 0 Å². The van der Waals surface area contributed by atoms with E-state index in [0.717, 1.165) is 0 Å². The van der Waals surface area contributed by atoms with Gasteiger partial charge in [-0.25, -0.2) is 0 Å². The molecule has 0 saturated heterocycles. The molecule has 0 aliphatic rings. The first kappa shape index (κ1) is 23.1. The third kappa shape index (κ3) is 12.6. The molecule has 0 atom stereocenters. The van der Waals surface area contributed by atoms with E-state index in [4.69, 9.17) is 26.1 Å². The van der Waals surface area contributed by atoms with Gasteiger partial charge in [0.25, 0.3) is 0 Å². The van der Waals surface area contributed by atoms with Gasteiger partial charge in [0, 0.05) is 0 Å². The Morgan fingerprint density at radius 2 is 0.397 bits per heavy atom. The Kier molecular flexibility index (Phi) is 7.24. The molecule has 0 bridgehead atoms. The van der Waals surface area contributed by atoms with Gasteiger partial charge in [0.1, 0.15) is 0 Å². The van der Waals surface area contributed by atoms with Gasteiger partial charge in [0.05, 0.1) is 0 Å². The predicted molar refractivity (Wildman–Crippen MR) is 278 cm³/mol. The summed E-state index contributed by atoms with van der Waals surface area (Å²) >= 11 is -12.6. The van der Waals surface area contributed by atoms with Gasteiger partial charge in [-0.05, 0) is 0 Å². The molecule has 0 spiro atoms. The second kappa shape index (κ2) is 19.8. The second-order valence-electron chi connectivity index (χ2n) is 20.8. The Hall–Kier alpha value is -3.12. The van der Waals surface area contributed by atoms with Gasteiger partial charge in [-0.3, -0.25) is 0 Å². The molecule has 332 valence electrons. The number of benzene rings is 6. The van der Waals surface area contributed by atoms with Crippen LogP contribution in [0.4, 0.5) is 0 Å². The zero-order chi connectivity index (χ0) is 71.7. The summed E-state index contributed by atoms with van der Waals surface area (Å²) in [5.41, 5.74) is -11.7. The van der Waals surface area contributed by atoms with E-state index in [9.17, 15) is 16.4 Å². The van der Waals surface area contributed by atoms with Crippen LogP contribution in [0.1, 0.15) is 158 Å². The van der Waals surface area contributed by atoms with E-state index < -0.39 is 251 Å². The van der Waals surface area contributed by atoms with Crippen LogP contribution >= 0.6 is 0 Å². The van der Waals surface area contributed by atoms with Crippen molar-refractivity contribution in [2.45, 2.75) is 142 Å². The van der Waals surface area contributed by atoms with Gasteiger partial charge in [-0.1, -0.05) is 0 Å². The van der Waals surface area contributed by atoms with Crippen molar-refractivity contribution in [1.82, 2.24) is 0 Å². The Morgan fingerprint density at radius 3 is 0.524 bits per heavy atom. The summed E-state index contributed by atoms with van der Waals surface area (Å²) in [6.45, 7) is 19.1. The first-order chi connectivity index (χ1) is 42.0. The molecule has 0 saturated carbocycles. The average molecular weight is 1080 g/mol. The Labute approximate surface area is 435 Å². The van der Waals surface area contributed by atoms with Crippen LogP contribution in [0.5, 0.6) is 0 Å². The molecule has 0 aliphatic heterocycles. The van der Waals surface area contributed by atoms with E-state index in [1.807, 2.05) is 0 Å². The maximum atomic E-state index is 9.53. The summed E-state index contributed by atoms with van der Waals surface area (Å²) in [5, 5.41) is 0. The molecule has 6 rings (SSSR count). The van der Waals surface area contributed by atoms with Crippen molar-refractivity contribution in [3.05, 3.63) is 215 Å². The monoisotopic (exact) mass is 1080 g/mol. The topological polar surface area (TPSA) is 9.23 Å². The van der Waals surface area contributed by atoms with Crippen LogP contribution in [0.2, 0.25) is 26.6 Å². The van der Waals surface area contributed by atoms with Crippen molar-refractivity contribution >= 4 is 37.6 Å². The van der Waals surface area contributed by atoms with Crippen molar-refractivity contribution in [2.75, 3.05) is 0 Å². The molecule has 1 nitrogen and oxygen atoms in total. The Bertz CT molecular complexity index is 3230. The summed E-state index contributed by atoms with van der Waals surface area (Å²) in [7, 11) is 0. The van der Waals surface area contributed by atoms with Crippen molar-refractivity contribution < 1.29 is 42.5 Å². The minimum absolute atomic E-state index is 0.237. The van der Waals surface area contributed by atoms with Crippen LogP contribution in [0.25, 0.3) is 0 Å². The van der Waals surface area contributed by atoms with E-state index >= 15 is 0 Å². The third-order valence-electron chi connectivity index (χ3n) is 12.1. The molecule has 0 radical (unpaired) electrons. The summed E-state index contributed by atoms with van der Waals surface area (Å²) in [4.78, 5) is 0. The Morgan fingerprint density at radius 1 is 0.270 bits per heavy atom. The molecule has 0 unspecified atom stereocenters. The SMILES string of the molecule is [2H]c1c([2H])c([2H])c(C(C)(C)[CH2][Sn]([CH2]C(C)(C)c2c([2H])c([2H])c([2H])c([2H])c2[2H])([CH2]C(C)(C)c2c([2H])c([2H])c([2H])c([2H])c2[2H])[O][Sn]([CH2]C(C)(C)c2c([2H])c([2H])c([2H])c([2H])c2[2H])([CH2]C(C)(C)c2c([2H])c([2H])c([2H])c([2H])c2[2H])[CH2]C(C)(C)c2c([2H])c([2H])c([2H])c([2H])c2[2H])c([2H])c1[2H]. The van der Waals surface area contributed by atoms with E-state index in [1.165, 1.54) is 0 Å². The van der Waals surface area contributed by atoms with Crippen LogP contribution in [0, 0.1) is 0 Å². The molecule has 63 heavy (non-hydrogen) atoms. The van der Waals surface area contributed by atoms with Crippen LogP contribution in [0.3, 0.4) is 0 Å². The molecule has 0 fully saturated rings. The molecule has 0 aliphatic carbocycles. The van der Waals surface area contributed by atoms with Gasteiger partial charge in [0.2, 0.25) is 0 Å². The van der Waals surface area contributed by atoms with Crippen molar-refractivity contribution in [3.8, 4) is 0 Å². The van der Waals surface area contributed by atoms with Crippen molar-refractivity contribution in [3.63, 3.8) is 0 Å². The van der Waals surface area contributed by atoms with Crippen LogP contribution < -0.4 is 0 Å². The van der Waals surface area contributed by atoms with Crippen molar-refractivity contribution in [1.29, 1.82) is 0 Å². The fourth-order valence-electron chi connectivity index (χ4n) is 9.94. The maximum absolute atomic E-state index is 9.53. The number of hydrogen-bond acceptors (Lipinski definition) is 1. The van der Waals surface area contributed by atoms with Crippen LogP contribution in [-0.2, 0) is 33.9 Å². The molecule has 0 amide bonds. The summed E-state index contributed by atoms with van der Waals surface area (Å²) in [6.07, 6.45) is 0.